The molecule has 1 saturated heterocycles. The van der Waals surface area contributed by atoms with Gasteiger partial charge in [-0.15, -0.1) is 0 Å². The fourth-order valence-corrected chi connectivity index (χ4v) is 2.48. The molecule has 0 unspecified atom stereocenters. The van der Waals surface area contributed by atoms with Crippen LogP contribution in [0.25, 0.3) is 0 Å². The van der Waals surface area contributed by atoms with Crippen LogP contribution in [0.2, 0.25) is 5.02 Å². The molecule has 2 amide bonds. The Morgan fingerprint density at radius 1 is 1.29 bits per heavy atom. The number of benzene rings is 1. The molecule has 1 fully saturated rings. The van der Waals surface area contributed by atoms with Gasteiger partial charge in [0.05, 0.1) is 11.6 Å². The first-order chi connectivity index (χ1) is 9.90. The van der Waals surface area contributed by atoms with Crippen LogP contribution in [0.4, 0.5) is 4.39 Å². The summed E-state index contributed by atoms with van der Waals surface area (Å²) in [6.07, 6.45) is 0. The molecule has 21 heavy (non-hydrogen) atoms. The maximum atomic E-state index is 13.8. The Kier molecular flexibility index (Phi) is 4.80. The van der Waals surface area contributed by atoms with Crippen molar-refractivity contribution in [3.8, 4) is 0 Å². The zero-order valence-electron chi connectivity index (χ0n) is 11.7. The summed E-state index contributed by atoms with van der Waals surface area (Å²) in [5.41, 5.74) is 5.27. The van der Waals surface area contributed by atoms with Gasteiger partial charge in [-0.1, -0.05) is 11.6 Å². The van der Waals surface area contributed by atoms with Gasteiger partial charge in [0.2, 0.25) is 5.91 Å². The molecule has 0 saturated carbocycles. The van der Waals surface area contributed by atoms with Crippen LogP contribution in [0, 0.1) is 5.82 Å². The molecular weight excluding hydrogens is 297 g/mol. The number of carbonyl (C=O) groups is 2. The third-order valence-corrected chi connectivity index (χ3v) is 3.96. The van der Waals surface area contributed by atoms with Gasteiger partial charge in [0.15, 0.2) is 0 Å². The summed E-state index contributed by atoms with van der Waals surface area (Å²) >= 11 is 5.68. The van der Waals surface area contributed by atoms with Crippen LogP contribution in [0.1, 0.15) is 17.3 Å². The highest BCUT2D eigenvalue weighted by atomic mass is 35.5. The molecule has 0 radical (unpaired) electrons. The minimum Gasteiger partial charge on any atom is -0.368 e. The van der Waals surface area contributed by atoms with Crippen LogP contribution in [0.5, 0.6) is 0 Å². The number of nitrogens with zero attached hydrogens (tertiary/aromatic N) is 2. The summed E-state index contributed by atoms with van der Waals surface area (Å²) in [6.45, 7) is 3.66. The predicted octanol–water partition coefficient (Wildman–Crippen LogP) is 1.11. The zero-order valence-corrected chi connectivity index (χ0v) is 12.4. The average Bonchev–Trinajstić information content (AvgIpc) is 2.46. The molecule has 7 heteroatoms. The minimum atomic E-state index is -0.625. The average molecular weight is 314 g/mol. The summed E-state index contributed by atoms with van der Waals surface area (Å²) in [7, 11) is 0. The van der Waals surface area contributed by atoms with Gasteiger partial charge in [0, 0.05) is 31.2 Å². The van der Waals surface area contributed by atoms with Crippen LogP contribution < -0.4 is 5.73 Å². The maximum absolute atomic E-state index is 13.8. The van der Waals surface area contributed by atoms with Crippen LogP contribution in [-0.2, 0) is 4.79 Å². The second-order valence-corrected chi connectivity index (χ2v) is 5.47. The summed E-state index contributed by atoms with van der Waals surface area (Å²) in [5, 5.41) is 0.254. The van der Waals surface area contributed by atoms with Gasteiger partial charge in [0.1, 0.15) is 5.82 Å². The van der Waals surface area contributed by atoms with E-state index in [9.17, 15) is 14.0 Å². The lowest BCUT2D eigenvalue weighted by molar-refractivity contribution is -0.123. The number of amides is 2. The molecule has 5 nitrogen and oxygen atoms in total. The van der Waals surface area contributed by atoms with Crippen molar-refractivity contribution in [1.82, 2.24) is 9.80 Å². The van der Waals surface area contributed by atoms with Gasteiger partial charge in [-0.25, -0.2) is 4.39 Å². The number of piperazine rings is 1. The van der Waals surface area contributed by atoms with E-state index in [-0.39, 0.29) is 22.5 Å². The SMILES string of the molecule is C[C@H](C(N)=O)N1CCN(C(=O)c2ccc(Cl)cc2F)CC1. The van der Waals surface area contributed by atoms with E-state index >= 15 is 0 Å². The van der Waals surface area contributed by atoms with E-state index in [4.69, 9.17) is 17.3 Å². The van der Waals surface area contributed by atoms with Crippen molar-refractivity contribution in [1.29, 1.82) is 0 Å². The molecule has 1 atom stereocenters. The Morgan fingerprint density at radius 2 is 1.90 bits per heavy atom. The molecule has 1 aliphatic rings. The zero-order chi connectivity index (χ0) is 15.6. The second-order valence-electron chi connectivity index (χ2n) is 5.03. The van der Waals surface area contributed by atoms with Crippen LogP contribution in [0.15, 0.2) is 18.2 Å². The highest BCUT2D eigenvalue weighted by molar-refractivity contribution is 6.30. The first-order valence-electron chi connectivity index (χ1n) is 6.68. The number of primary amides is 1. The lowest BCUT2D eigenvalue weighted by atomic mass is 10.1. The van der Waals surface area contributed by atoms with Crippen LogP contribution in [0.3, 0.4) is 0 Å². The molecule has 114 valence electrons. The summed E-state index contributed by atoms with van der Waals surface area (Å²) in [5.74, 6) is -1.38. The molecule has 0 spiro atoms. The smallest absolute Gasteiger partial charge is 0.256 e. The Morgan fingerprint density at radius 3 is 2.43 bits per heavy atom. The van der Waals surface area contributed by atoms with E-state index in [0.29, 0.717) is 26.2 Å². The van der Waals surface area contributed by atoms with E-state index in [1.807, 2.05) is 4.90 Å². The molecule has 0 aliphatic carbocycles. The van der Waals surface area contributed by atoms with Gasteiger partial charge >= 0.3 is 0 Å². The maximum Gasteiger partial charge on any atom is 0.256 e. The Bertz CT molecular complexity index is 559. The predicted molar refractivity (Wildman–Crippen MR) is 77.5 cm³/mol. The van der Waals surface area contributed by atoms with Crippen molar-refractivity contribution in [2.75, 3.05) is 26.2 Å². The van der Waals surface area contributed by atoms with Crippen molar-refractivity contribution >= 4 is 23.4 Å². The molecule has 1 heterocycles. The molecular formula is C14H17ClFN3O2. The Labute approximate surface area is 127 Å². The molecule has 1 aliphatic heterocycles. The quantitative estimate of drug-likeness (QED) is 0.909. The minimum absolute atomic E-state index is 0.01000. The standard InChI is InChI=1S/C14H17ClFN3O2/c1-9(13(17)20)18-4-6-19(7-5-18)14(21)11-3-2-10(15)8-12(11)16/h2-3,8-9H,4-7H2,1H3,(H2,17,20)/t9-/m1/s1. The van der Waals surface area contributed by atoms with Gasteiger partial charge in [0.25, 0.3) is 5.91 Å². The number of hydrogen-bond donors (Lipinski definition) is 1. The van der Waals surface area contributed by atoms with E-state index in [0.717, 1.165) is 6.07 Å². The highest BCUT2D eigenvalue weighted by Gasteiger charge is 2.27. The fraction of sp³-hybridized carbons (Fsp3) is 0.429. The number of rotatable bonds is 3. The first-order valence-corrected chi connectivity index (χ1v) is 7.05. The molecule has 2 rings (SSSR count). The number of nitrogens with two attached hydrogens (primary N) is 1. The summed E-state index contributed by atoms with van der Waals surface area (Å²) < 4.78 is 13.8. The molecule has 2 N–H and O–H groups in total. The van der Waals surface area contributed by atoms with Crippen LogP contribution in [-0.4, -0.2) is 53.8 Å². The van der Waals surface area contributed by atoms with Crippen molar-refractivity contribution < 1.29 is 14.0 Å². The molecule has 1 aromatic rings. The van der Waals surface area contributed by atoms with Crippen LogP contribution >= 0.6 is 11.6 Å². The first kappa shape index (κ1) is 15.7. The van der Waals surface area contributed by atoms with E-state index < -0.39 is 11.7 Å². The summed E-state index contributed by atoms with van der Waals surface area (Å²) in [6, 6.07) is 3.64. The van der Waals surface area contributed by atoms with E-state index in [1.165, 1.54) is 12.1 Å². The van der Waals surface area contributed by atoms with Gasteiger partial charge in [-0.3, -0.25) is 14.5 Å². The van der Waals surface area contributed by atoms with Gasteiger partial charge in [-0.05, 0) is 25.1 Å². The third kappa shape index (κ3) is 3.51. The monoisotopic (exact) mass is 313 g/mol. The van der Waals surface area contributed by atoms with Gasteiger partial charge < -0.3 is 10.6 Å². The fourth-order valence-electron chi connectivity index (χ4n) is 2.33. The topological polar surface area (TPSA) is 66.6 Å². The lowest BCUT2D eigenvalue weighted by Gasteiger charge is -2.37. The van der Waals surface area contributed by atoms with E-state index in [2.05, 4.69) is 0 Å². The second kappa shape index (κ2) is 6.41. The van der Waals surface area contributed by atoms with Crippen molar-refractivity contribution in [3.05, 3.63) is 34.6 Å². The van der Waals surface area contributed by atoms with Crippen molar-refractivity contribution in [2.45, 2.75) is 13.0 Å². The molecule has 0 bridgehead atoms. The third-order valence-electron chi connectivity index (χ3n) is 3.72. The van der Waals surface area contributed by atoms with Crippen molar-refractivity contribution in [3.63, 3.8) is 0 Å². The summed E-state index contributed by atoms with van der Waals surface area (Å²) in [4.78, 5) is 26.9. The normalized spacial score (nSPS) is 17.6. The Balaban J connectivity index is 2.02. The number of carbonyl (C=O) groups excluding carboxylic acids is 2. The molecule has 1 aromatic carbocycles. The van der Waals surface area contributed by atoms with Crippen molar-refractivity contribution in [2.24, 2.45) is 5.73 Å². The number of hydrogen-bond acceptors (Lipinski definition) is 3. The Hall–Kier alpha value is -1.66. The largest absolute Gasteiger partial charge is 0.368 e. The van der Waals surface area contributed by atoms with Gasteiger partial charge in [-0.2, -0.15) is 0 Å². The highest BCUT2D eigenvalue weighted by Crippen LogP contribution is 2.17. The molecule has 0 aromatic heterocycles. The lowest BCUT2D eigenvalue weighted by Crippen LogP contribution is -2.54. The number of halogens is 2. The van der Waals surface area contributed by atoms with E-state index in [1.54, 1.807) is 11.8 Å².